The van der Waals surface area contributed by atoms with Crippen molar-refractivity contribution in [3.63, 3.8) is 0 Å². The molecule has 0 aliphatic carbocycles. The van der Waals surface area contributed by atoms with Crippen molar-refractivity contribution in [1.82, 2.24) is 4.57 Å². The molecule has 0 atom stereocenters. The lowest BCUT2D eigenvalue weighted by atomic mass is 10.1. The van der Waals surface area contributed by atoms with Crippen LogP contribution in [-0.2, 0) is 6.54 Å². The number of unbranched alkanes of at least 4 members (excludes halogenated alkanes) is 9. The minimum atomic E-state index is -0.113. The molecule has 37 heavy (non-hydrogen) atoms. The standard InChI is InChI=1S/C32H51NO4/c1-6-9-12-14-15-16-21-33-29-25-27(35-22-11-8-3)18-19-28(29)30(36-23-17-13-10-7-2)31(32(33)34)37-24-20-26(4)5/h18-20,25H,6-17,21-24H2,1-5H3. The maximum Gasteiger partial charge on any atom is 0.297 e. The molecule has 2 rings (SSSR count). The van der Waals surface area contributed by atoms with Crippen LogP contribution >= 0.6 is 0 Å². The fourth-order valence-corrected chi connectivity index (χ4v) is 4.34. The number of aryl methyl sites for hydroxylation is 1. The zero-order chi connectivity index (χ0) is 26.9. The summed E-state index contributed by atoms with van der Waals surface area (Å²) in [5, 5.41) is 0.913. The summed E-state index contributed by atoms with van der Waals surface area (Å²) in [7, 11) is 0. The molecule has 0 aliphatic heterocycles. The summed E-state index contributed by atoms with van der Waals surface area (Å²) >= 11 is 0. The number of allylic oxidation sites excluding steroid dienone is 1. The van der Waals surface area contributed by atoms with Crippen molar-refractivity contribution >= 4 is 10.9 Å². The second-order valence-electron chi connectivity index (χ2n) is 10.3. The first-order valence-corrected chi connectivity index (χ1v) is 14.8. The van der Waals surface area contributed by atoms with Crippen LogP contribution in [0, 0.1) is 0 Å². The third-order valence-corrected chi connectivity index (χ3v) is 6.62. The van der Waals surface area contributed by atoms with Gasteiger partial charge in [-0.05, 0) is 51.3 Å². The first-order valence-electron chi connectivity index (χ1n) is 14.8. The molecule has 208 valence electrons. The Morgan fingerprint density at radius 1 is 0.757 bits per heavy atom. The third-order valence-electron chi connectivity index (χ3n) is 6.62. The lowest BCUT2D eigenvalue weighted by Gasteiger charge is -2.19. The highest BCUT2D eigenvalue weighted by atomic mass is 16.5. The van der Waals surface area contributed by atoms with E-state index in [-0.39, 0.29) is 5.56 Å². The average molecular weight is 514 g/mol. The number of benzene rings is 1. The predicted octanol–water partition coefficient (Wildman–Crippen LogP) is 8.85. The number of rotatable bonds is 20. The van der Waals surface area contributed by atoms with Gasteiger partial charge in [-0.3, -0.25) is 4.79 Å². The SMILES string of the molecule is CCCCCCCCn1c(=O)c(OCC=C(C)C)c(OCCCCCC)c2ccc(OCCCC)cc21. The summed E-state index contributed by atoms with van der Waals surface area (Å²) in [6.45, 7) is 12.9. The fourth-order valence-electron chi connectivity index (χ4n) is 4.34. The average Bonchev–Trinajstić information content (AvgIpc) is 2.88. The Kier molecular flexibility index (Phi) is 14.9. The van der Waals surface area contributed by atoms with Crippen molar-refractivity contribution in [3.05, 3.63) is 40.2 Å². The van der Waals surface area contributed by atoms with Gasteiger partial charge < -0.3 is 18.8 Å². The molecule has 0 amide bonds. The lowest BCUT2D eigenvalue weighted by Crippen LogP contribution is -2.24. The van der Waals surface area contributed by atoms with Crippen LogP contribution in [-0.4, -0.2) is 24.4 Å². The quantitative estimate of drug-likeness (QED) is 0.131. The van der Waals surface area contributed by atoms with Crippen molar-refractivity contribution in [3.8, 4) is 17.2 Å². The summed E-state index contributed by atoms with van der Waals surface area (Å²) < 4.78 is 20.3. The van der Waals surface area contributed by atoms with Crippen molar-refractivity contribution in [2.45, 2.75) is 118 Å². The molecule has 1 aromatic carbocycles. The molecule has 0 saturated heterocycles. The molecule has 0 radical (unpaired) electrons. The minimum absolute atomic E-state index is 0.113. The van der Waals surface area contributed by atoms with Crippen LogP contribution in [0.25, 0.3) is 10.9 Å². The molecule has 0 bridgehead atoms. The van der Waals surface area contributed by atoms with E-state index in [1.165, 1.54) is 38.5 Å². The summed E-state index contributed by atoms with van der Waals surface area (Å²) in [5.74, 6) is 1.69. The summed E-state index contributed by atoms with van der Waals surface area (Å²) in [6.07, 6.45) is 15.6. The van der Waals surface area contributed by atoms with Crippen LogP contribution in [0.2, 0.25) is 0 Å². The number of pyridine rings is 1. The predicted molar refractivity (Wildman–Crippen MR) is 157 cm³/mol. The van der Waals surface area contributed by atoms with E-state index in [0.717, 1.165) is 60.8 Å². The monoisotopic (exact) mass is 513 g/mol. The van der Waals surface area contributed by atoms with Gasteiger partial charge in [0.25, 0.3) is 5.56 Å². The zero-order valence-corrected chi connectivity index (χ0v) is 24.2. The van der Waals surface area contributed by atoms with Crippen molar-refractivity contribution in [1.29, 1.82) is 0 Å². The Labute approximate surface area is 225 Å². The largest absolute Gasteiger partial charge is 0.494 e. The van der Waals surface area contributed by atoms with Gasteiger partial charge in [0.15, 0.2) is 5.75 Å². The van der Waals surface area contributed by atoms with Gasteiger partial charge in [-0.1, -0.05) is 84.1 Å². The highest BCUT2D eigenvalue weighted by Gasteiger charge is 2.20. The van der Waals surface area contributed by atoms with E-state index in [0.29, 0.717) is 37.9 Å². The van der Waals surface area contributed by atoms with Crippen LogP contribution in [0.5, 0.6) is 17.2 Å². The maximum absolute atomic E-state index is 13.8. The maximum atomic E-state index is 13.8. The molecule has 5 nitrogen and oxygen atoms in total. The first-order chi connectivity index (χ1) is 18.0. The molecule has 2 aromatic rings. The van der Waals surface area contributed by atoms with E-state index in [9.17, 15) is 4.79 Å². The molecule has 1 heterocycles. The zero-order valence-electron chi connectivity index (χ0n) is 24.2. The number of hydrogen-bond donors (Lipinski definition) is 0. The van der Waals surface area contributed by atoms with Gasteiger partial charge in [0, 0.05) is 18.0 Å². The molecule has 0 spiro atoms. The van der Waals surface area contributed by atoms with Gasteiger partial charge in [-0.25, -0.2) is 0 Å². The second-order valence-corrected chi connectivity index (χ2v) is 10.3. The van der Waals surface area contributed by atoms with Crippen LogP contribution in [0.15, 0.2) is 34.6 Å². The molecule has 0 fully saturated rings. The third kappa shape index (κ3) is 10.5. The lowest BCUT2D eigenvalue weighted by molar-refractivity contribution is 0.275. The molecule has 0 N–H and O–H groups in total. The molecule has 0 saturated carbocycles. The Morgan fingerprint density at radius 2 is 1.41 bits per heavy atom. The van der Waals surface area contributed by atoms with Gasteiger partial charge in [0.2, 0.25) is 5.75 Å². The van der Waals surface area contributed by atoms with Gasteiger partial charge in [0.05, 0.1) is 18.7 Å². The van der Waals surface area contributed by atoms with Crippen molar-refractivity contribution in [2.24, 2.45) is 0 Å². The first kappa shape index (κ1) is 30.8. The molecule has 0 aliphatic rings. The fraction of sp³-hybridized carbons (Fsp3) is 0.656. The molecule has 1 aromatic heterocycles. The highest BCUT2D eigenvalue weighted by molar-refractivity contribution is 5.89. The number of fused-ring (bicyclic) bond motifs is 1. The summed E-state index contributed by atoms with van der Waals surface area (Å²) in [6, 6.07) is 6.03. The van der Waals surface area contributed by atoms with Crippen LogP contribution in [0.1, 0.15) is 112 Å². The Balaban J connectivity index is 2.46. The Bertz CT molecular complexity index is 1000. The number of nitrogens with zero attached hydrogens (tertiary/aromatic N) is 1. The summed E-state index contributed by atoms with van der Waals surface area (Å²) in [5.41, 5.74) is 1.91. The van der Waals surface area contributed by atoms with Crippen LogP contribution in [0.3, 0.4) is 0 Å². The minimum Gasteiger partial charge on any atom is -0.494 e. The van der Waals surface area contributed by atoms with E-state index in [4.69, 9.17) is 14.2 Å². The van der Waals surface area contributed by atoms with E-state index >= 15 is 0 Å². The van der Waals surface area contributed by atoms with Crippen LogP contribution < -0.4 is 19.8 Å². The van der Waals surface area contributed by atoms with Gasteiger partial charge in [-0.15, -0.1) is 0 Å². The Morgan fingerprint density at radius 3 is 2.11 bits per heavy atom. The summed E-state index contributed by atoms with van der Waals surface area (Å²) in [4.78, 5) is 13.8. The van der Waals surface area contributed by atoms with Gasteiger partial charge in [0.1, 0.15) is 12.4 Å². The highest BCUT2D eigenvalue weighted by Crippen LogP contribution is 2.35. The second kappa shape index (κ2) is 17.9. The number of aromatic nitrogens is 1. The normalized spacial score (nSPS) is 11.1. The van der Waals surface area contributed by atoms with E-state index in [1.54, 1.807) is 0 Å². The van der Waals surface area contributed by atoms with Gasteiger partial charge in [-0.2, -0.15) is 0 Å². The van der Waals surface area contributed by atoms with E-state index in [2.05, 4.69) is 20.8 Å². The van der Waals surface area contributed by atoms with Crippen molar-refractivity contribution < 1.29 is 14.2 Å². The molecule has 5 heteroatoms. The molecular weight excluding hydrogens is 462 g/mol. The van der Waals surface area contributed by atoms with Crippen molar-refractivity contribution in [2.75, 3.05) is 19.8 Å². The molecular formula is C32H51NO4. The number of ether oxygens (including phenoxy) is 3. The topological polar surface area (TPSA) is 49.7 Å². The van der Waals surface area contributed by atoms with Gasteiger partial charge >= 0.3 is 0 Å². The van der Waals surface area contributed by atoms with E-state index in [1.807, 2.05) is 42.7 Å². The number of hydrogen-bond acceptors (Lipinski definition) is 4. The smallest absolute Gasteiger partial charge is 0.297 e. The van der Waals surface area contributed by atoms with Crippen LogP contribution in [0.4, 0.5) is 0 Å². The Hall–Kier alpha value is -2.43. The van der Waals surface area contributed by atoms with E-state index < -0.39 is 0 Å². The molecule has 0 unspecified atom stereocenters.